The molecule has 0 aromatic carbocycles. The average molecular weight is 302 g/mol. The molecule has 0 spiro atoms. The van der Waals surface area contributed by atoms with E-state index in [0.717, 1.165) is 0 Å². The van der Waals surface area contributed by atoms with Crippen molar-refractivity contribution in [3.05, 3.63) is 12.7 Å². The van der Waals surface area contributed by atoms with Crippen LogP contribution in [0.2, 0.25) is 0 Å². The third-order valence-corrected chi connectivity index (χ3v) is 3.29. The van der Waals surface area contributed by atoms with E-state index in [4.69, 9.17) is 14.6 Å². The van der Waals surface area contributed by atoms with Gasteiger partial charge in [-0.25, -0.2) is 0 Å². The topological polar surface area (TPSA) is 93.1 Å². The van der Waals surface area contributed by atoms with Crippen molar-refractivity contribution in [2.45, 2.75) is 39.0 Å². The van der Waals surface area contributed by atoms with Crippen LogP contribution in [0.3, 0.4) is 0 Å². The van der Waals surface area contributed by atoms with Crippen LogP contribution in [0.25, 0.3) is 0 Å². The summed E-state index contributed by atoms with van der Waals surface area (Å²) < 4.78 is 10.5. The molecule has 0 saturated heterocycles. The van der Waals surface area contributed by atoms with Gasteiger partial charge in [0.2, 0.25) is 0 Å². The van der Waals surface area contributed by atoms with Gasteiger partial charge in [0.15, 0.2) is 0 Å². The molecule has 0 aromatic rings. The summed E-state index contributed by atoms with van der Waals surface area (Å²) in [4.78, 5) is 21.9. The van der Waals surface area contributed by atoms with E-state index in [1.54, 1.807) is 6.08 Å². The molecule has 122 valence electrons. The van der Waals surface area contributed by atoms with Gasteiger partial charge in [0.25, 0.3) is 0 Å². The van der Waals surface area contributed by atoms with Gasteiger partial charge in [0.05, 0.1) is 25.2 Å². The second kappa shape index (κ2) is 11.3. The van der Waals surface area contributed by atoms with E-state index in [1.165, 1.54) is 0 Å². The van der Waals surface area contributed by atoms with Crippen LogP contribution in [-0.2, 0) is 19.1 Å². The van der Waals surface area contributed by atoms with Crippen LogP contribution in [0.5, 0.6) is 0 Å². The van der Waals surface area contributed by atoms with E-state index in [-0.39, 0.29) is 38.6 Å². The third-order valence-electron chi connectivity index (χ3n) is 3.29. The maximum absolute atomic E-state index is 11.6. The Morgan fingerprint density at radius 3 is 2.43 bits per heavy atom. The lowest BCUT2D eigenvalue weighted by molar-refractivity contribution is -0.151. The molecule has 0 amide bonds. The average Bonchev–Trinajstić information content (AvgIpc) is 2.47. The van der Waals surface area contributed by atoms with Gasteiger partial charge in [-0.15, -0.1) is 6.58 Å². The third kappa shape index (κ3) is 9.20. The Bertz CT molecular complexity index is 322. The summed E-state index contributed by atoms with van der Waals surface area (Å²) in [5.74, 6) is -1.25. The summed E-state index contributed by atoms with van der Waals surface area (Å²) >= 11 is 0. The largest absolute Gasteiger partial charge is 0.481 e. The molecule has 0 aliphatic carbocycles. The molecule has 0 saturated carbocycles. The monoisotopic (exact) mass is 302 g/mol. The van der Waals surface area contributed by atoms with Crippen molar-refractivity contribution < 1.29 is 29.3 Å². The van der Waals surface area contributed by atoms with Crippen LogP contribution in [0.4, 0.5) is 0 Å². The first-order valence-electron chi connectivity index (χ1n) is 7.16. The Kier molecular flexibility index (Phi) is 10.5. The van der Waals surface area contributed by atoms with Gasteiger partial charge in [-0.1, -0.05) is 13.0 Å². The highest BCUT2D eigenvalue weighted by Gasteiger charge is 2.29. The van der Waals surface area contributed by atoms with E-state index in [0.29, 0.717) is 25.9 Å². The smallest absolute Gasteiger partial charge is 0.305 e. The Labute approximate surface area is 125 Å². The fourth-order valence-corrected chi connectivity index (χ4v) is 1.66. The minimum atomic E-state index is -0.868. The predicted molar refractivity (Wildman–Crippen MR) is 77.9 cm³/mol. The summed E-state index contributed by atoms with van der Waals surface area (Å²) in [6.45, 7) is 6.07. The van der Waals surface area contributed by atoms with Crippen molar-refractivity contribution in [3.63, 3.8) is 0 Å². The number of hydrogen-bond acceptors (Lipinski definition) is 5. The minimum absolute atomic E-state index is 0.0538. The Morgan fingerprint density at radius 1 is 1.24 bits per heavy atom. The fourth-order valence-electron chi connectivity index (χ4n) is 1.66. The lowest BCUT2D eigenvalue weighted by Crippen LogP contribution is -2.36. The molecule has 21 heavy (non-hydrogen) atoms. The molecule has 6 nitrogen and oxygen atoms in total. The van der Waals surface area contributed by atoms with Crippen molar-refractivity contribution in [1.29, 1.82) is 0 Å². The zero-order valence-electron chi connectivity index (χ0n) is 12.7. The number of aliphatic carboxylic acids is 1. The maximum Gasteiger partial charge on any atom is 0.305 e. The van der Waals surface area contributed by atoms with Crippen LogP contribution in [0, 0.1) is 5.41 Å². The molecular formula is C15H26O6. The molecule has 0 rings (SSSR count). The quantitative estimate of drug-likeness (QED) is 0.306. The number of aliphatic hydroxyl groups is 1. The highest BCUT2D eigenvalue weighted by atomic mass is 16.5. The second-order valence-corrected chi connectivity index (χ2v) is 5.08. The number of ether oxygens (including phenoxy) is 2. The SMILES string of the molecule is C=CCOCC(CC)(CO)COC(=O)CCCCC(=O)O. The van der Waals surface area contributed by atoms with Gasteiger partial charge >= 0.3 is 11.9 Å². The molecule has 1 atom stereocenters. The number of unbranched alkanes of at least 4 members (excludes halogenated alkanes) is 1. The van der Waals surface area contributed by atoms with Gasteiger partial charge in [0.1, 0.15) is 6.61 Å². The standard InChI is InChI=1S/C15H26O6/c1-3-9-20-11-15(4-2,10-16)12-21-14(19)8-6-5-7-13(17)18/h3,16H,1,4-12H2,2H3,(H,17,18). The number of carboxylic acid groups (broad SMARTS) is 1. The second-order valence-electron chi connectivity index (χ2n) is 5.08. The molecule has 6 heteroatoms. The number of hydrogen-bond donors (Lipinski definition) is 2. The van der Waals surface area contributed by atoms with Crippen molar-refractivity contribution in [1.82, 2.24) is 0 Å². The van der Waals surface area contributed by atoms with Gasteiger partial charge in [-0.2, -0.15) is 0 Å². The summed E-state index contributed by atoms with van der Waals surface area (Å²) in [5, 5.41) is 18.0. The summed E-state index contributed by atoms with van der Waals surface area (Å²) in [6, 6.07) is 0. The van der Waals surface area contributed by atoms with Crippen LogP contribution in [0.1, 0.15) is 39.0 Å². The first-order chi connectivity index (χ1) is 9.99. The molecule has 0 bridgehead atoms. The fraction of sp³-hybridized carbons (Fsp3) is 0.733. The highest BCUT2D eigenvalue weighted by molar-refractivity contribution is 5.69. The van der Waals surface area contributed by atoms with Crippen molar-refractivity contribution >= 4 is 11.9 Å². The van der Waals surface area contributed by atoms with Gasteiger partial charge in [-0.3, -0.25) is 9.59 Å². The van der Waals surface area contributed by atoms with Crippen molar-refractivity contribution in [3.8, 4) is 0 Å². The van der Waals surface area contributed by atoms with Gasteiger partial charge in [0, 0.05) is 12.8 Å². The van der Waals surface area contributed by atoms with E-state index in [9.17, 15) is 14.7 Å². The number of carboxylic acids is 1. The van der Waals surface area contributed by atoms with Crippen LogP contribution < -0.4 is 0 Å². The Hall–Kier alpha value is -1.40. The van der Waals surface area contributed by atoms with E-state index < -0.39 is 11.4 Å². The van der Waals surface area contributed by atoms with Gasteiger partial charge < -0.3 is 19.7 Å². The van der Waals surface area contributed by atoms with Gasteiger partial charge in [-0.05, 0) is 19.3 Å². The van der Waals surface area contributed by atoms with Crippen LogP contribution in [-0.4, -0.2) is 48.6 Å². The summed E-state index contributed by atoms with van der Waals surface area (Å²) in [7, 11) is 0. The molecule has 0 aromatic heterocycles. The molecule has 0 fully saturated rings. The normalized spacial score (nSPS) is 13.4. The molecule has 0 aliphatic rings. The number of carbonyl (C=O) groups is 2. The lowest BCUT2D eigenvalue weighted by atomic mass is 9.88. The molecule has 1 unspecified atom stereocenters. The number of carbonyl (C=O) groups excluding carboxylic acids is 1. The lowest BCUT2D eigenvalue weighted by Gasteiger charge is -2.29. The minimum Gasteiger partial charge on any atom is -0.481 e. The number of esters is 1. The Balaban J connectivity index is 4.07. The molecule has 0 aliphatic heterocycles. The van der Waals surface area contributed by atoms with E-state index in [1.807, 2.05) is 6.92 Å². The highest BCUT2D eigenvalue weighted by Crippen LogP contribution is 2.22. The maximum atomic E-state index is 11.6. The summed E-state index contributed by atoms with van der Waals surface area (Å²) in [5.41, 5.74) is -0.597. The van der Waals surface area contributed by atoms with E-state index in [2.05, 4.69) is 6.58 Å². The van der Waals surface area contributed by atoms with Crippen LogP contribution in [0.15, 0.2) is 12.7 Å². The Morgan fingerprint density at radius 2 is 1.90 bits per heavy atom. The van der Waals surface area contributed by atoms with Crippen molar-refractivity contribution in [2.75, 3.05) is 26.4 Å². The predicted octanol–water partition coefficient (Wildman–Crippen LogP) is 1.77. The first kappa shape index (κ1) is 19.6. The van der Waals surface area contributed by atoms with Crippen LogP contribution >= 0.6 is 0 Å². The van der Waals surface area contributed by atoms with Crippen molar-refractivity contribution in [2.24, 2.45) is 5.41 Å². The number of aliphatic hydroxyl groups excluding tert-OH is 1. The van der Waals surface area contributed by atoms with E-state index >= 15 is 0 Å². The zero-order valence-corrected chi connectivity index (χ0v) is 12.7. The zero-order chi connectivity index (χ0) is 16.1. The molecular weight excluding hydrogens is 276 g/mol. The summed E-state index contributed by atoms with van der Waals surface area (Å²) in [6.07, 6.45) is 3.41. The molecule has 0 radical (unpaired) electrons. The number of rotatable bonds is 13. The first-order valence-corrected chi connectivity index (χ1v) is 7.16. The molecule has 0 heterocycles. The molecule has 2 N–H and O–H groups in total.